The highest BCUT2D eigenvalue weighted by atomic mass is 16.5. The lowest BCUT2D eigenvalue weighted by molar-refractivity contribution is -0.108. The van der Waals surface area contributed by atoms with Gasteiger partial charge in [-0.3, -0.25) is 0 Å². The Bertz CT molecular complexity index is 641. The van der Waals surface area contributed by atoms with Gasteiger partial charge in [-0.25, -0.2) is 0 Å². The zero-order valence-corrected chi connectivity index (χ0v) is 16.4. The van der Waals surface area contributed by atoms with Gasteiger partial charge in [0.2, 0.25) is 0 Å². The molecule has 146 valence electrons. The molecule has 3 rings (SSSR count). The highest BCUT2D eigenvalue weighted by Gasteiger charge is 2.59. The van der Waals surface area contributed by atoms with Crippen LogP contribution < -0.4 is 10.1 Å². The molecule has 2 aliphatic carbocycles. The molecular formula is C23H37NO2. The molecule has 0 heterocycles. The molecule has 1 aromatic rings. The molecule has 3 nitrogen and oxygen atoms in total. The number of nitrogens with one attached hydrogen (secondary N) is 1. The lowest BCUT2D eigenvalue weighted by Gasteiger charge is -2.39. The van der Waals surface area contributed by atoms with Gasteiger partial charge in [-0.1, -0.05) is 33.8 Å². The van der Waals surface area contributed by atoms with E-state index in [4.69, 9.17) is 4.74 Å². The fourth-order valence-corrected chi connectivity index (χ4v) is 6.31. The van der Waals surface area contributed by atoms with Gasteiger partial charge >= 0.3 is 0 Å². The van der Waals surface area contributed by atoms with Crippen LogP contribution in [-0.2, 0) is 16.6 Å². The Balaban J connectivity index is 0.00000243. The summed E-state index contributed by atoms with van der Waals surface area (Å²) in [5.74, 6) is 2.81. The molecular weight excluding hydrogens is 322 g/mol. The Kier molecular flexibility index (Phi) is 6.55. The fourth-order valence-electron chi connectivity index (χ4n) is 6.31. The molecule has 1 fully saturated rings. The second-order valence-electron chi connectivity index (χ2n) is 8.11. The summed E-state index contributed by atoms with van der Waals surface area (Å²) in [5.41, 5.74) is 4.51. The van der Waals surface area contributed by atoms with E-state index in [0.29, 0.717) is 30.2 Å². The maximum atomic E-state index is 11.2. The monoisotopic (exact) mass is 359 g/mol. The number of benzene rings is 1. The van der Waals surface area contributed by atoms with Crippen LogP contribution in [0.5, 0.6) is 5.75 Å². The van der Waals surface area contributed by atoms with Crippen molar-refractivity contribution in [1.82, 2.24) is 5.32 Å². The second-order valence-corrected chi connectivity index (χ2v) is 8.11. The molecule has 26 heavy (non-hydrogen) atoms. The average Bonchev–Trinajstić information content (AvgIpc) is 3.09. The molecule has 1 saturated carbocycles. The number of hydrogen-bond donors (Lipinski definition) is 1. The van der Waals surface area contributed by atoms with Crippen LogP contribution in [-0.4, -0.2) is 26.5 Å². The zero-order chi connectivity index (χ0) is 18.2. The smallest absolute Gasteiger partial charge is 0.122 e. The van der Waals surface area contributed by atoms with Crippen molar-refractivity contribution in [2.45, 2.75) is 71.8 Å². The first-order valence-electron chi connectivity index (χ1n) is 9.82. The standard InChI is InChI=1S/C22H33NO2.CH4/c1-6-16-18(8-7-11-24)22(13-19(16)23-4)15(3)12-17-20(25-5)10-9-14(2)21(17)22;/h9-11,15-16,18-19,23H,6-8,12-13H2,1-5H3;1H4/t15-,16+,18+,19-,22+;/m1./s1. The molecule has 0 aromatic heterocycles. The summed E-state index contributed by atoms with van der Waals surface area (Å²) in [7, 11) is 3.88. The normalized spacial score (nSPS) is 32.3. The van der Waals surface area contributed by atoms with Gasteiger partial charge < -0.3 is 14.8 Å². The van der Waals surface area contributed by atoms with Crippen LogP contribution in [0.2, 0.25) is 0 Å². The van der Waals surface area contributed by atoms with Gasteiger partial charge in [0.15, 0.2) is 0 Å². The number of aldehydes is 1. The minimum absolute atomic E-state index is 0. The maximum absolute atomic E-state index is 11.2. The van der Waals surface area contributed by atoms with Crippen LogP contribution in [0.25, 0.3) is 0 Å². The Morgan fingerprint density at radius 1 is 1.38 bits per heavy atom. The van der Waals surface area contributed by atoms with Gasteiger partial charge in [-0.15, -0.1) is 0 Å². The third kappa shape index (κ3) is 2.89. The molecule has 0 saturated heterocycles. The molecule has 1 spiro atoms. The highest BCUT2D eigenvalue weighted by molar-refractivity contribution is 5.55. The first-order chi connectivity index (χ1) is 12.0. The molecule has 0 aliphatic heterocycles. The molecule has 0 radical (unpaired) electrons. The van der Waals surface area contributed by atoms with Crippen molar-refractivity contribution in [3.8, 4) is 5.75 Å². The SMILES string of the molecule is C.CC[C@@H]1[C@H](NC)C[C@@]2(c3c(C)ccc(OC)c3C[C@H]2C)[C@H]1CCC=O. The molecule has 1 aromatic carbocycles. The topological polar surface area (TPSA) is 38.3 Å². The van der Waals surface area contributed by atoms with E-state index in [1.165, 1.54) is 29.5 Å². The Hall–Kier alpha value is -1.35. The second kappa shape index (κ2) is 8.12. The van der Waals surface area contributed by atoms with E-state index >= 15 is 0 Å². The van der Waals surface area contributed by atoms with Crippen molar-refractivity contribution in [3.05, 3.63) is 28.8 Å². The lowest BCUT2D eigenvalue weighted by atomic mass is 9.64. The van der Waals surface area contributed by atoms with E-state index < -0.39 is 0 Å². The number of ether oxygens (including phenoxy) is 1. The van der Waals surface area contributed by atoms with Crippen LogP contribution in [0.1, 0.15) is 63.6 Å². The Morgan fingerprint density at radius 3 is 2.69 bits per heavy atom. The largest absolute Gasteiger partial charge is 0.496 e. The summed E-state index contributed by atoms with van der Waals surface area (Å²) in [6, 6.07) is 4.88. The highest BCUT2D eigenvalue weighted by Crippen LogP contribution is 2.62. The number of fused-ring (bicyclic) bond motifs is 2. The van der Waals surface area contributed by atoms with Gasteiger partial charge in [-0.05, 0) is 73.7 Å². The van der Waals surface area contributed by atoms with Crippen molar-refractivity contribution in [2.24, 2.45) is 17.8 Å². The van der Waals surface area contributed by atoms with Gasteiger partial charge in [0.1, 0.15) is 12.0 Å². The molecule has 0 bridgehead atoms. The van der Waals surface area contributed by atoms with E-state index in [9.17, 15) is 4.79 Å². The summed E-state index contributed by atoms with van der Waals surface area (Å²) in [5, 5.41) is 3.60. The van der Waals surface area contributed by atoms with Gasteiger partial charge in [0.05, 0.1) is 7.11 Å². The van der Waals surface area contributed by atoms with Gasteiger partial charge in [0, 0.05) is 17.9 Å². The minimum atomic E-state index is 0. The molecule has 2 aliphatic rings. The van der Waals surface area contributed by atoms with Crippen molar-refractivity contribution in [1.29, 1.82) is 0 Å². The lowest BCUT2D eigenvalue weighted by Crippen LogP contribution is -2.37. The van der Waals surface area contributed by atoms with E-state index in [1.54, 1.807) is 7.11 Å². The van der Waals surface area contributed by atoms with Gasteiger partial charge in [0.25, 0.3) is 0 Å². The number of methoxy groups -OCH3 is 1. The predicted molar refractivity (Wildman–Crippen MR) is 109 cm³/mol. The van der Waals surface area contributed by atoms with Crippen LogP contribution in [0.3, 0.4) is 0 Å². The summed E-state index contributed by atoms with van der Waals surface area (Å²) in [6.45, 7) is 6.97. The van der Waals surface area contributed by atoms with Gasteiger partial charge in [-0.2, -0.15) is 0 Å². The minimum Gasteiger partial charge on any atom is -0.496 e. The number of rotatable bonds is 6. The molecule has 0 unspecified atom stereocenters. The molecule has 5 atom stereocenters. The number of carbonyl (C=O) groups excluding carboxylic acids is 1. The van der Waals surface area contributed by atoms with E-state index in [2.05, 4.69) is 45.3 Å². The molecule has 1 N–H and O–H groups in total. The van der Waals surface area contributed by atoms with Crippen molar-refractivity contribution < 1.29 is 9.53 Å². The summed E-state index contributed by atoms with van der Waals surface area (Å²) in [4.78, 5) is 11.2. The Morgan fingerprint density at radius 2 is 2.12 bits per heavy atom. The fraction of sp³-hybridized carbons (Fsp3) is 0.696. The average molecular weight is 360 g/mol. The Labute approximate surface area is 159 Å². The number of hydrogen-bond acceptors (Lipinski definition) is 3. The summed E-state index contributed by atoms with van der Waals surface area (Å²) >= 11 is 0. The third-order valence-electron chi connectivity index (χ3n) is 7.24. The number of carbonyl (C=O) groups is 1. The third-order valence-corrected chi connectivity index (χ3v) is 7.24. The molecule has 3 heteroatoms. The van der Waals surface area contributed by atoms with Crippen LogP contribution >= 0.6 is 0 Å². The maximum Gasteiger partial charge on any atom is 0.122 e. The van der Waals surface area contributed by atoms with Crippen molar-refractivity contribution in [3.63, 3.8) is 0 Å². The van der Waals surface area contributed by atoms with Crippen LogP contribution in [0, 0.1) is 24.7 Å². The predicted octanol–water partition coefficient (Wildman–Crippen LogP) is 4.68. The van der Waals surface area contributed by atoms with E-state index in [0.717, 1.165) is 24.9 Å². The first-order valence-corrected chi connectivity index (χ1v) is 9.82. The number of aryl methyl sites for hydroxylation is 1. The van der Waals surface area contributed by atoms with Crippen molar-refractivity contribution in [2.75, 3.05) is 14.2 Å². The molecule has 0 amide bonds. The van der Waals surface area contributed by atoms with E-state index in [-0.39, 0.29) is 12.8 Å². The summed E-state index contributed by atoms with van der Waals surface area (Å²) in [6.07, 6.45) is 6.21. The van der Waals surface area contributed by atoms with Crippen molar-refractivity contribution >= 4 is 6.29 Å². The van der Waals surface area contributed by atoms with E-state index in [1.807, 2.05) is 0 Å². The zero-order valence-electron chi connectivity index (χ0n) is 16.4. The quantitative estimate of drug-likeness (QED) is 0.749. The summed E-state index contributed by atoms with van der Waals surface area (Å²) < 4.78 is 5.71. The van der Waals surface area contributed by atoms with Crippen LogP contribution in [0.4, 0.5) is 0 Å². The van der Waals surface area contributed by atoms with Crippen LogP contribution in [0.15, 0.2) is 12.1 Å². The first kappa shape index (κ1) is 21.0.